The van der Waals surface area contributed by atoms with E-state index in [4.69, 9.17) is 5.73 Å². The molecular formula is C11H17N3. The number of nitrogens with two attached hydrogens (primary N) is 1. The summed E-state index contributed by atoms with van der Waals surface area (Å²) in [6.45, 7) is 0.673. The molecule has 1 aliphatic carbocycles. The van der Waals surface area contributed by atoms with Gasteiger partial charge in [-0.1, -0.05) is 12.8 Å². The number of hydrogen-bond acceptors (Lipinski definition) is 3. The molecule has 1 aromatic heterocycles. The summed E-state index contributed by atoms with van der Waals surface area (Å²) >= 11 is 0. The first-order chi connectivity index (χ1) is 6.90. The van der Waals surface area contributed by atoms with Gasteiger partial charge in [0.15, 0.2) is 0 Å². The lowest BCUT2D eigenvalue weighted by atomic mass is 10.1. The summed E-state index contributed by atoms with van der Waals surface area (Å²) in [5.41, 5.74) is 6.61. The maximum Gasteiger partial charge on any atom is 0.131 e. The van der Waals surface area contributed by atoms with Crippen LogP contribution in [0.15, 0.2) is 12.4 Å². The fourth-order valence-electron chi connectivity index (χ4n) is 2.06. The SMILES string of the molecule is NCCc1cnc(C2CCCC2)nc1. The van der Waals surface area contributed by atoms with Crippen molar-refractivity contribution in [2.45, 2.75) is 38.0 Å². The van der Waals surface area contributed by atoms with E-state index in [0.717, 1.165) is 17.8 Å². The summed E-state index contributed by atoms with van der Waals surface area (Å²) in [5, 5.41) is 0. The Morgan fingerprint density at radius 3 is 2.43 bits per heavy atom. The first-order valence-electron chi connectivity index (χ1n) is 5.41. The van der Waals surface area contributed by atoms with E-state index < -0.39 is 0 Å². The minimum atomic E-state index is 0.613. The van der Waals surface area contributed by atoms with Gasteiger partial charge in [-0.3, -0.25) is 0 Å². The third-order valence-corrected chi connectivity index (χ3v) is 2.88. The summed E-state index contributed by atoms with van der Waals surface area (Å²) < 4.78 is 0. The minimum Gasteiger partial charge on any atom is -0.330 e. The Morgan fingerprint density at radius 1 is 1.21 bits per heavy atom. The molecule has 2 N–H and O–H groups in total. The van der Waals surface area contributed by atoms with Crippen LogP contribution in [0.1, 0.15) is 43.0 Å². The van der Waals surface area contributed by atoms with E-state index in [2.05, 4.69) is 9.97 Å². The lowest BCUT2D eigenvalue weighted by molar-refractivity contribution is 0.664. The summed E-state index contributed by atoms with van der Waals surface area (Å²) in [7, 11) is 0. The Bertz CT molecular complexity index is 275. The van der Waals surface area contributed by atoms with Gasteiger partial charge in [0.25, 0.3) is 0 Å². The highest BCUT2D eigenvalue weighted by atomic mass is 14.9. The molecule has 0 bridgehead atoms. The summed E-state index contributed by atoms with van der Waals surface area (Å²) in [4.78, 5) is 8.83. The van der Waals surface area contributed by atoms with Gasteiger partial charge in [-0.05, 0) is 31.4 Å². The van der Waals surface area contributed by atoms with Crippen LogP contribution in [0, 0.1) is 0 Å². The van der Waals surface area contributed by atoms with Crippen LogP contribution in [0.5, 0.6) is 0 Å². The van der Waals surface area contributed by atoms with Gasteiger partial charge in [0.2, 0.25) is 0 Å². The van der Waals surface area contributed by atoms with Gasteiger partial charge in [-0.25, -0.2) is 9.97 Å². The second-order valence-electron chi connectivity index (χ2n) is 3.97. The summed E-state index contributed by atoms with van der Waals surface area (Å²) in [6.07, 6.45) is 9.91. The zero-order valence-corrected chi connectivity index (χ0v) is 8.45. The van der Waals surface area contributed by atoms with Crippen molar-refractivity contribution in [1.29, 1.82) is 0 Å². The predicted molar refractivity (Wildman–Crippen MR) is 56.0 cm³/mol. The number of hydrogen-bond donors (Lipinski definition) is 1. The molecule has 0 amide bonds. The molecule has 0 unspecified atom stereocenters. The van der Waals surface area contributed by atoms with Crippen molar-refractivity contribution in [2.75, 3.05) is 6.54 Å². The fraction of sp³-hybridized carbons (Fsp3) is 0.636. The third kappa shape index (κ3) is 2.10. The quantitative estimate of drug-likeness (QED) is 0.790. The van der Waals surface area contributed by atoms with Crippen LogP contribution in [0.2, 0.25) is 0 Å². The van der Waals surface area contributed by atoms with E-state index in [1.165, 1.54) is 25.7 Å². The molecule has 0 spiro atoms. The molecule has 1 aliphatic rings. The van der Waals surface area contributed by atoms with Crippen molar-refractivity contribution >= 4 is 0 Å². The molecule has 0 aromatic carbocycles. The van der Waals surface area contributed by atoms with Crippen LogP contribution in [0.4, 0.5) is 0 Å². The molecule has 3 nitrogen and oxygen atoms in total. The highest BCUT2D eigenvalue weighted by molar-refractivity contribution is 5.08. The number of nitrogens with zero attached hydrogens (tertiary/aromatic N) is 2. The van der Waals surface area contributed by atoms with Gasteiger partial charge in [-0.2, -0.15) is 0 Å². The molecule has 0 saturated heterocycles. The van der Waals surface area contributed by atoms with Crippen LogP contribution >= 0.6 is 0 Å². The van der Waals surface area contributed by atoms with E-state index >= 15 is 0 Å². The van der Waals surface area contributed by atoms with Gasteiger partial charge < -0.3 is 5.73 Å². The summed E-state index contributed by atoms with van der Waals surface area (Å²) in [5.74, 6) is 1.64. The molecule has 1 heterocycles. The zero-order chi connectivity index (χ0) is 9.80. The Morgan fingerprint density at radius 2 is 1.86 bits per heavy atom. The molecule has 1 fully saturated rings. The van der Waals surface area contributed by atoms with Crippen molar-refractivity contribution in [3.63, 3.8) is 0 Å². The molecule has 0 atom stereocenters. The molecule has 3 heteroatoms. The van der Waals surface area contributed by atoms with Crippen molar-refractivity contribution in [3.8, 4) is 0 Å². The van der Waals surface area contributed by atoms with Crippen LogP contribution in [-0.2, 0) is 6.42 Å². The minimum absolute atomic E-state index is 0.613. The van der Waals surface area contributed by atoms with E-state index in [9.17, 15) is 0 Å². The highest BCUT2D eigenvalue weighted by Gasteiger charge is 2.19. The van der Waals surface area contributed by atoms with Gasteiger partial charge in [0.05, 0.1) is 0 Å². The van der Waals surface area contributed by atoms with Crippen molar-refractivity contribution in [2.24, 2.45) is 5.73 Å². The first kappa shape index (κ1) is 9.59. The molecule has 2 rings (SSSR count). The normalized spacial score (nSPS) is 17.5. The van der Waals surface area contributed by atoms with Gasteiger partial charge in [0, 0.05) is 18.3 Å². The van der Waals surface area contributed by atoms with E-state index in [0.29, 0.717) is 12.5 Å². The molecule has 1 aromatic rings. The maximum absolute atomic E-state index is 5.47. The predicted octanol–water partition coefficient (Wildman–Crippen LogP) is 1.64. The van der Waals surface area contributed by atoms with E-state index in [1.54, 1.807) is 0 Å². The van der Waals surface area contributed by atoms with Crippen LogP contribution < -0.4 is 5.73 Å². The van der Waals surface area contributed by atoms with Gasteiger partial charge in [-0.15, -0.1) is 0 Å². The molecule has 1 saturated carbocycles. The second-order valence-corrected chi connectivity index (χ2v) is 3.97. The van der Waals surface area contributed by atoms with Crippen LogP contribution in [0.3, 0.4) is 0 Å². The van der Waals surface area contributed by atoms with E-state index in [1.807, 2.05) is 12.4 Å². The second kappa shape index (κ2) is 4.51. The van der Waals surface area contributed by atoms with E-state index in [-0.39, 0.29) is 0 Å². The molecule has 0 radical (unpaired) electrons. The largest absolute Gasteiger partial charge is 0.330 e. The lowest BCUT2D eigenvalue weighted by Crippen LogP contribution is -2.05. The number of rotatable bonds is 3. The zero-order valence-electron chi connectivity index (χ0n) is 8.45. The van der Waals surface area contributed by atoms with Crippen molar-refractivity contribution in [3.05, 3.63) is 23.8 Å². The lowest BCUT2D eigenvalue weighted by Gasteiger charge is -2.07. The van der Waals surface area contributed by atoms with Gasteiger partial charge >= 0.3 is 0 Å². The van der Waals surface area contributed by atoms with Crippen LogP contribution in [0.25, 0.3) is 0 Å². The first-order valence-corrected chi connectivity index (χ1v) is 5.41. The van der Waals surface area contributed by atoms with Crippen molar-refractivity contribution < 1.29 is 0 Å². The van der Waals surface area contributed by atoms with Crippen molar-refractivity contribution in [1.82, 2.24) is 9.97 Å². The number of aromatic nitrogens is 2. The molecule has 76 valence electrons. The smallest absolute Gasteiger partial charge is 0.131 e. The standard InChI is InChI=1S/C11H17N3/c12-6-5-9-7-13-11(14-8-9)10-3-1-2-4-10/h7-8,10H,1-6,12H2. The fourth-order valence-corrected chi connectivity index (χ4v) is 2.06. The Labute approximate surface area is 84.8 Å². The van der Waals surface area contributed by atoms with Crippen LogP contribution in [-0.4, -0.2) is 16.5 Å². The molecule has 14 heavy (non-hydrogen) atoms. The Balaban J connectivity index is 2.05. The topological polar surface area (TPSA) is 51.8 Å². The van der Waals surface area contributed by atoms with Gasteiger partial charge in [0.1, 0.15) is 5.82 Å². The molecular weight excluding hydrogens is 174 g/mol. The summed E-state index contributed by atoms with van der Waals surface area (Å²) in [6, 6.07) is 0. The Kier molecular flexibility index (Phi) is 3.09. The Hall–Kier alpha value is -0.960. The average molecular weight is 191 g/mol. The maximum atomic E-state index is 5.47. The third-order valence-electron chi connectivity index (χ3n) is 2.88. The monoisotopic (exact) mass is 191 g/mol. The average Bonchev–Trinajstić information content (AvgIpc) is 2.72. The molecule has 0 aliphatic heterocycles. The highest BCUT2D eigenvalue weighted by Crippen LogP contribution is 2.31.